The standard InChI is InChI=1S/C36H41N5O8/c1-39(2)24-13-23(38-35(48)19-14-41(15-19)20-9-16-7-5-6-8-17(16)10-20)29(42)26-21(24)11-18-12-22-28(40(3)4)31(44)27(34(37)47)33(46)36(22,49)32(45)25(18)30(26)43/h5-8,13,18-20,22,28,42,44-45,49H,9-12,14-15H2,1-4H3,(H2,37,47)(H,38,48)/t18-,22?,28-,36-/m0/s1. The molecule has 2 aromatic carbocycles. The molecule has 1 heterocycles. The summed E-state index contributed by atoms with van der Waals surface area (Å²) in [5.41, 5.74) is 5.18. The van der Waals surface area contributed by atoms with Crippen molar-refractivity contribution in [3.63, 3.8) is 0 Å². The fraction of sp³-hybridized carbons (Fsp3) is 0.444. The van der Waals surface area contributed by atoms with Crippen LogP contribution in [-0.4, -0.2) is 113 Å². The third kappa shape index (κ3) is 4.77. The molecule has 4 atom stereocenters. The minimum absolute atomic E-state index is 0.0118. The van der Waals surface area contributed by atoms with Gasteiger partial charge in [-0.25, -0.2) is 0 Å². The summed E-state index contributed by atoms with van der Waals surface area (Å²) in [6, 6.07) is 9.23. The summed E-state index contributed by atoms with van der Waals surface area (Å²) >= 11 is 0. The van der Waals surface area contributed by atoms with Crippen LogP contribution in [-0.2, 0) is 33.6 Å². The number of carbonyl (C=O) groups excluding carboxylic acids is 4. The lowest BCUT2D eigenvalue weighted by Crippen LogP contribution is -2.63. The van der Waals surface area contributed by atoms with Crippen LogP contribution in [0.5, 0.6) is 5.75 Å². The summed E-state index contributed by atoms with van der Waals surface area (Å²) in [6.07, 6.45) is 2.01. The Kier molecular flexibility index (Phi) is 7.65. The topological polar surface area (TPSA) is 197 Å². The highest BCUT2D eigenvalue weighted by Gasteiger charge is 2.63. The van der Waals surface area contributed by atoms with Crippen molar-refractivity contribution < 1.29 is 39.6 Å². The van der Waals surface area contributed by atoms with E-state index in [2.05, 4.69) is 22.3 Å². The Labute approximate surface area is 283 Å². The molecule has 1 aliphatic heterocycles. The van der Waals surface area contributed by atoms with Gasteiger partial charge in [0.25, 0.3) is 5.91 Å². The molecule has 1 fully saturated rings. The maximum absolute atomic E-state index is 14.3. The van der Waals surface area contributed by atoms with Gasteiger partial charge in [0.1, 0.15) is 17.1 Å². The number of allylic oxidation sites excluding steroid dienone is 1. The largest absolute Gasteiger partial charge is 0.510 e. The van der Waals surface area contributed by atoms with Crippen molar-refractivity contribution in [1.29, 1.82) is 0 Å². The third-order valence-corrected chi connectivity index (χ3v) is 11.3. The van der Waals surface area contributed by atoms with E-state index in [9.17, 15) is 39.6 Å². The summed E-state index contributed by atoms with van der Waals surface area (Å²) in [7, 11) is 6.70. The van der Waals surface area contributed by atoms with Crippen LogP contribution in [0.4, 0.5) is 11.4 Å². The number of likely N-dealkylation sites (N-methyl/N-ethyl adjacent to an activating group) is 1. The predicted molar refractivity (Wildman–Crippen MR) is 179 cm³/mol. The average molecular weight is 672 g/mol. The molecule has 258 valence electrons. The number of nitrogens with two attached hydrogens (primary N) is 1. The molecule has 0 bridgehead atoms. The first-order valence-electron chi connectivity index (χ1n) is 16.5. The molecular weight excluding hydrogens is 630 g/mol. The molecule has 7 rings (SSSR count). The van der Waals surface area contributed by atoms with Gasteiger partial charge in [0.15, 0.2) is 17.1 Å². The van der Waals surface area contributed by atoms with Crippen molar-refractivity contribution in [2.75, 3.05) is 51.5 Å². The minimum atomic E-state index is -2.73. The van der Waals surface area contributed by atoms with Crippen molar-refractivity contribution in [1.82, 2.24) is 9.80 Å². The number of aliphatic hydroxyl groups is 3. The SMILES string of the molecule is CN(C)c1cc(NC(=O)C2CN(C3Cc4ccccc4C3)C2)c(O)c2c1C[C@H]1CC3[C@H](N(C)C)C(O)=C(C(N)=O)C(=O)[C@@]3(O)C(O)=C1C2=O. The molecule has 0 saturated carbocycles. The zero-order valence-corrected chi connectivity index (χ0v) is 27.9. The number of fused-ring (bicyclic) bond motifs is 4. The molecule has 2 aromatic rings. The Hall–Kier alpha value is -4.72. The van der Waals surface area contributed by atoms with Crippen LogP contribution in [0.3, 0.4) is 0 Å². The summed E-state index contributed by atoms with van der Waals surface area (Å²) in [5, 5.41) is 48.9. The third-order valence-electron chi connectivity index (χ3n) is 11.3. The van der Waals surface area contributed by atoms with Crippen molar-refractivity contribution in [3.05, 3.63) is 75.3 Å². The van der Waals surface area contributed by atoms with Gasteiger partial charge in [0, 0.05) is 50.4 Å². The van der Waals surface area contributed by atoms with Gasteiger partial charge >= 0.3 is 0 Å². The van der Waals surface area contributed by atoms with E-state index in [-0.39, 0.29) is 41.5 Å². The highest BCUT2D eigenvalue weighted by Crippen LogP contribution is 2.54. The van der Waals surface area contributed by atoms with Crippen LogP contribution in [0.1, 0.15) is 33.5 Å². The summed E-state index contributed by atoms with van der Waals surface area (Å²) < 4.78 is 0. The lowest BCUT2D eigenvalue weighted by Gasteiger charge is -2.50. The van der Waals surface area contributed by atoms with E-state index in [1.807, 2.05) is 12.1 Å². The van der Waals surface area contributed by atoms with Crippen LogP contribution in [0, 0.1) is 17.8 Å². The Morgan fingerprint density at radius 2 is 1.63 bits per heavy atom. The maximum Gasteiger partial charge on any atom is 0.255 e. The van der Waals surface area contributed by atoms with Gasteiger partial charge in [-0.05, 0) is 68.5 Å². The highest BCUT2D eigenvalue weighted by atomic mass is 16.3. The normalized spacial score (nSPS) is 27.0. The molecular formula is C36H41N5O8. The first-order valence-corrected chi connectivity index (χ1v) is 16.5. The number of Topliss-reactive ketones (excluding diaryl/α,β-unsaturated/α-hetero) is 2. The molecule has 49 heavy (non-hydrogen) atoms. The molecule has 5 aliphatic rings. The van der Waals surface area contributed by atoms with E-state index in [4.69, 9.17) is 5.73 Å². The van der Waals surface area contributed by atoms with Gasteiger partial charge in [-0.3, -0.25) is 29.0 Å². The molecule has 0 spiro atoms. The fourth-order valence-electron chi connectivity index (χ4n) is 8.80. The van der Waals surface area contributed by atoms with Crippen molar-refractivity contribution >= 4 is 34.8 Å². The molecule has 13 nitrogen and oxygen atoms in total. The van der Waals surface area contributed by atoms with Gasteiger partial charge in [-0.1, -0.05) is 24.3 Å². The fourth-order valence-corrected chi connectivity index (χ4v) is 8.80. The molecule has 7 N–H and O–H groups in total. The molecule has 13 heteroatoms. The van der Waals surface area contributed by atoms with Crippen molar-refractivity contribution in [2.45, 2.75) is 43.4 Å². The number of amides is 2. The van der Waals surface area contributed by atoms with Gasteiger partial charge in [-0.15, -0.1) is 0 Å². The number of anilines is 2. The number of hydrogen-bond donors (Lipinski definition) is 6. The number of nitrogens with zero attached hydrogens (tertiary/aromatic N) is 3. The first-order chi connectivity index (χ1) is 23.1. The summed E-state index contributed by atoms with van der Waals surface area (Å²) in [6.45, 7) is 1.13. The number of carbonyl (C=O) groups is 4. The van der Waals surface area contributed by atoms with Crippen LogP contribution in [0.25, 0.3) is 0 Å². The second kappa shape index (κ2) is 11.4. The lowest BCUT2D eigenvalue weighted by molar-refractivity contribution is -0.148. The zero-order valence-electron chi connectivity index (χ0n) is 27.9. The molecule has 4 aliphatic carbocycles. The van der Waals surface area contributed by atoms with E-state index in [1.165, 1.54) is 16.0 Å². The van der Waals surface area contributed by atoms with Crippen LogP contribution < -0.4 is 16.0 Å². The number of hydrogen-bond acceptors (Lipinski definition) is 11. The van der Waals surface area contributed by atoms with Crippen molar-refractivity contribution in [2.24, 2.45) is 23.5 Å². The van der Waals surface area contributed by atoms with Gasteiger partial charge in [0.05, 0.1) is 23.2 Å². The first kappa shape index (κ1) is 32.8. The Morgan fingerprint density at radius 1 is 1.00 bits per heavy atom. The number of rotatable bonds is 6. The number of ketones is 2. The average Bonchev–Trinajstić information content (AvgIpc) is 3.42. The molecule has 2 amide bonds. The maximum atomic E-state index is 14.3. The number of benzene rings is 2. The molecule has 1 unspecified atom stereocenters. The number of phenols is 1. The Bertz CT molecular complexity index is 1870. The summed E-state index contributed by atoms with van der Waals surface area (Å²) in [5.74, 6) is -7.84. The highest BCUT2D eigenvalue weighted by molar-refractivity contribution is 6.25. The van der Waals surface area contributed by atoms with E-state index in [0.29, 0.717) is 30.4 Å². The quantitative estimate of drug-likeness (QED) is 0.191. The van der Waals surface area contributed by atoms with E-state index in [1.54, 1.807) is 39.2 Å². The second-order valence-corrected chi connectivity index (χ2v) is 14.5. The number of likely N-dealkylation sites (tertiary alicyclic amines) is 1. The molecule has 0 radical (unpaired) electrons. The van der Waals surface area contributed by atoms with Crippen molar-refractivity contribution in [3.8, 4) is 5.75 Å². The monoisotopic (exact) mass is 671 g/mol. The van der Waals surface area contributed by atoms with Crippen LogP contribution in [0.15, 0.2) is 53.0 Å². The lowest BCUT2D eigenvalue weighted by atomic mass is 9.58. The van der Waals surface area contributed by atoms with Gasteiger partial charge < -0.3 is 36.4 Å². The number of nitrogens with one attached hydrogen (secondary N) is 1. The molecule has 1 saturated heterocycles. The van der Waals surface area contributed by atoms with Gasteiger partial charge in [0.2, 0.25) is 11.7 Å². The predicted octanol–water partition coefficient (Wildman–Crippen LogP) is 1.22. The smallest absolute Gasteiger partial charge is 0.255 e. The number of aliphatic hydroxyl groups excluding tert-OH is 2. The number of phenolic OH excluding ortho intramolecular Hbond substituents is 1. The Morgan fingerprint density at radius 3 is 2.20 bits per heavy atom. The van der Waals surface area contributed by atoms with E-state index >= 15 is 0 Å². The summed E-state index contributed by atoms with van der Waals surface area (Å²) in [4.78, 5) is 59.1. The zero-order chi connectivity index (χ0) is 35.3. The minimum Gasteiger partial charge on any atom is -0.510 e. The van der Waals surface area contributed by atoms with Gasteiger partial charge in [-0.2, -0.15) is 0 Å². The number of aromatic hydroxyl groups is 1. The van der Waals surface area contributed by atoms with E-state index < -0.39 is 63.8 Å². The second-order valence-electron chi connectivity index (χ2n) is 14.5. The Balaban J connectivity index is 1.20. The van der Waals surface area contributed by atoms with Crippen LogP contribution in [0.2, 0.25) is 0 Å². The van der Waals surface area contributed by atoms with Crippen LogP contribution >= 0.6 is 0 Å². The number of primary amides is 1. The molecule has 0 aromatic heterocycles. The van der Waals surface area contributed by atoms with E-state index in [0.717, 1.165) is 12.8 Å².